The maximum Gasteiger partial charge on any atom is 0.0945 e. The molecule has 0 unspecified atom stereocenters. The zero-order chi connectivity index (χ0) is 15.2. The number of aliphatic hydroxyl groups excluding tert-OH is 1. The minimum Gasteiger partial charge on any atom is -0.394 e. The predicted octanol–water partition coefficient (Wildman–Crippen LogP) is 1.34. The number of nitrogens with zero attached hydrogens (tertiary/aromatic N) is 5. The first-order valence-electron chi connectivity index (χ1n) is 8.17. The van der Waals surface area contributed by atoms with Crippen molar-refractivity contribution in [2.75, 3.05) is 26.2 Å². The number of aryl methyl sites for hydroxylation is 1. The molecule has 3 heterocycles. The number of hydrogen-bond acceptors (Lipinski definition) is 4. The first kappa shape index (κ1) is 15.2. The van der Waals surface area contributed by atoms with Gasteiger partial charge >= 0.3 is 0 Å². The molecule has 0 aromatic carbocycles. The lowest BCUT2D eigenvalue weighted by Crippen LogP contribution is -2.34. The highest BCUT2D eigenvalue weighted by molar-refractivity contribution is 5.09. The fraction of sp³-hybridized carbons (Fsp3) is 0.625. The fourth-order valence-electron chi connectivity index (χ4n) is 3.32. The molecule has 1 aliphatic rings. The first-order chi connectivity index (χ1) is 10.9. The van der Waals surface area contributed by atoms with Crippen LogP contribution in [-0.2, 0) is 13.1 Å². The Bertz CT molecular complexity index is 543. The molecule has 6 heteroatoms. The Hall–Kier alpha value is -1.66. The van der Waals surface area contributed by atoms with E-state index in [0.29, 0.717) is 12.5 Å². The van der Waals surface area contributed by atoms with Crippen molar-refractivity contribution in [3.63, 3.8) is 0 Å². The summed E-state index contributed by atoms with van der Waals surface area (Å²) in [5.41, 5.74) is 1.28. The largest absolute Gasteiger partial charge is 0.394 e. The Labute approximate surface area is 131 Å². The van der Waals surface area contributed by atoms with Crippen LogP contribution < -0.4 is 0 Å². The van der Waals surface area contributed by atoms with Gasteiger partial charge in [-0.15, -0.1) is 0 Å². The normalized spacial score (nSPS) is 17.1. The summed E-state index contributed by atoms with van der Waals surface area (Å²) < 4.78 is 4.10. The van der Waals surface area contributed by atoms with Gasteiger partial charge in [0, 0.05) is 36.7 Å². The van der Waals surface area contributed by atoms with Gasteiger partial charge in [0.25, 0.3) is 0 Å². The average molecular weight is 303 g/mol. The molecular formula is C16H25N5O. The molecule has 3 rings (SSSR count). The zero-order valence-electron chi connectivity index (χ0n) is 13.0. The van der Waals surface area contributed by atoms with Crippen molar-refractivity contribution in [3.8, 4) is 0 Å². The molecule has 1 saturated heterocycles. The lowest BCUT2D eigenvalue weighted by Gasteiger charge is -2.32. The quantitative estimate of drug-likeness (QED) is 0.838. The summed E-state index contributed by atoms with van der Waals surface area (Å²) in [6.45, 7) is 5.26. The first-order valence-corrected chi connectivity index (χ1v) is 8.17. The monoisotopic (exact) mass is 303 g/mol. The van der Waals surface area contributed by atoms with Crippen molar-refractivity contribution < 1.29 is 5.11 Å². The van der Waals surface area contributed by atoms with Gasteiger partial charge in [0.05, 0.1) is 19.5 Å². The molecule has 0 bridgehead atoms. The van der Waals surface area contributed by atoms with E-state index in [-0.39, 0.29) is 6.61 Å². The van der Waals surface area contributed by atoms with E-state index in [4.69, 9.17) is 5.11 Å². The van der Waals surface area contributed by atoms with Gasteiger partial charge in [-0.3, -0.25) is 4.68 Å². The zero-order valence-corrected chi connectivity index (χ0v) is 13.0. The summed E-state index contributed by atoms with van der Waals surface area (Å²) in [5.74, 6) is 0.582. The average Bonchev–Trinajstić information content (AvgIpc) is 3.20. The Kier molecular flexibility index (Phi) is 5.24. The van der Waals surface area contributed by atoms with Crippen LogP contribution in [0.1, 0.15) is 30.9 Å². The molecule has 0 aliphatic carbocycles. The standard InChI is InChI=1S/C16H25N5O/c22-13-12-21-16(2-5-18-21)15-3-9-19(10-4-15)7-1-8-20-11-6-17-14-20/h2,5-6,11,14-15,22H,1,3-4,7-10,12-13H2. The molecule has 0 radical (unpaired) electrons. The lowest BCUT2D eigenvalue weighted by molar-refractivity contribution is 0.201. The minimum absolute atomic E-state index is 0.155. The second-order valence-electron chi connectivity index (χ2n) is 5.97. The molecule has 1 fully saturated rings. The molecule has 0 atom stereocenters. The molecule has 120 valence electrons. The smallest absolute Gasteiger partial charge is 0.0945 e. The topological polar surface area (TPSA) is 59.1 Å². The van der Waals surface area contributed by atoms with Crippen molar-refractivity contribution in [2.45, 2.75) is 38.3 Å². The van der Waals surface area contributed by atoms with Gasteiger partial charge in [-0.2, -0.15) is 5.10 Å². The van der Waals surface area contributed by atoms with Crippen molar-refractivity contribution in [3.05, 3.63) is 36.7 Å². The van der Waals surface area contributed by atoms with Crippen molar-refractivity contribution in [1.29, 1.82) is 0 Å². The van der Waals surface area contributed by atoms with Gasteiger partial charge in [-0.25, -0.2) is 4.98 Å². The minimum atomic E-state index is 0.155. The number of piperidine rings is 1. The number of aliphatic hydroxyl groups is 1. The lowest BCUT2D eigenvalue weighted by atomic mass is 9.93. The van der Waals surface area contributed by atoms with Gasteiger partial charge in [-0.05, 0) is 45.0 Å². The Balaban J connectivity index is 1.43. The van der Waals surface area contributed by atoms with Crippen LogP contribution in [0.5, 0.6) is 0 Å². The molecule has 22 heavy (non-hydrogen) atoms. The molecule has 0 spiro atoms. The van der Waals surface area contributed by atoms with Gasteiger partial charge in [-0.1, -0.05) is 0 Å². The van der Waals surface area contributed by atoms with E-state index in [1.165, 1.54) is 25.0 Å². The van der Waals surface area contributed by atoms with Gasteiger partial charge in [0.1, 0.15) is 0 Å². The van der Waals surface area contributed by atoms with E-state index in [1.807, 2.05) is 29.6 Å². The van der Waals surface area contributed by atoms with Crippen LogP contribution in [0, 0.1) is 0 Å². The van der Waals surface area contributed by atoms with Crippen molar-refractivity contribution >= 4 is 0 Å². The highest BCUT2D eigenvalue weighted by Crippen LogP contribution is 2.27. The summed E-state index contributed by atoms with van der Waals surface area (Å²) in [4.78, 5) is 6.63. The van der Waals surface area contributed by atoms with Crippen LogP contribution >= 0.6 is 0 Å². The molecule has 0 amide bonds. The number of rotatable bonds is 7. The van der Waals surface area contributed by atoms with E-state index in [9.17, 15) is 0 Å². The molecule has 0 saturated carbocycles. The van der Waals surface area contributed by atoms with Crippen LogP contribution in [0.2, 0.25) is 0 Å². The van der Waals surface area contributed by atoms with Crippen LogP contribution in [0.15, 0.2) is 31.0 Å². The Morgan fingerprint density at radius 3 is 2.73 bits per heavy atom. The number of likely N-dealkylation sites (tertiary alicyclic amines) is 1. The van der Waals surface area contributed by atoms with E-state index in [1.54, 1.807) is 0 Å². The third-order valence-corrected chi connectivity index (χ3v) is 4.52. The summed E-state index contributed by atoms with van der Waals surface area (Å²) in [5, 5.41) is 13.4. The Morgan fingerprint density at radius 1 is 1.14 bits per heavy atom. The molecule has 1 N–H and O–H groups in total. The third-order valence-electron chi connectivity index (χ3n) is 4.52. The van der Waals surface area contributed by atoms with E-state index in [0.717, 1.165) is 26.2 Å². The van der Waals surface area contributed by atoms with Crippen LogP contribution in [-0.4, -0.2) is 55.6 Å². The second kappa shape index (κ2) is 7.56. The van der Waals surface area contributed by atoms with E-state index in [2.05, 4.69) is 25.6 Å². The maximum atomic E-state index is 9.10. The van der Waals surface area contributed by atoms with Gasteiger partial charge in [0.2, 0.25) is 0 Å². The predicted molar refractivity (Wildman–Crippen MR) is 84.6 cm³/mol. The number of imidazole rings is 1. The molecular weight excluding hydrogens is 278 g/mol. The highest BCUT2D eigenvalue weighted by atomic mass is 16.3. The third kappa shape index (κ3) is 3.75. The molecule has 1 aliphatic heterocycles. The Morgan fingerprint density at radius 2 is 2.00 bits per heavy atom. The van der Waals surface area contributed by atoms with Gasteiger partial charge < -0.3 is 14.6 Å². The molecule has 2 aromatic rings. The molecule has 2 aromatic heterocycles. The SMILES string of the molecule is OCCn1nccc1C1CCN(CCCn2ccnc2)CC1. The second-order valence-corrected chi connectivity index (χ2v) is 5.97. The van der Waals surface area contributed by atoms with E-state index >= 15 is 0 Å². The van der Waals surface area contributed by atoms with Crippen molar-refractivity contribution in [2.24, 2.45) is 0 Å². The highest BCUT2D eigenvalue weighted by Gasteiger charge is 2.22. The van der Waals surface area contributed by atoms with Crippen LogP contribution in [0.25, 0.3) is 0 Å². The van der Waals surface area contributed by atoms with Crippen LogP contribution in [0.4, 0.5) is 0 Å². The summed E-state index contributed by atoms with van der Waals surface area (Å²) in [6, 6.07) is 2.11. The van der Waals surface area contributed by atoms with Gasteiger partial charge in [0.15, 0.2) is 0 Å². The number of aromatic nitrogens is 4. The summed E-state index contributed by atoms with van der Waals surface area (Å²) in [7, 11) is 0. The maximum absolute atomic E-state index is 9.10. The van der Waals surface area contributed by atoms with Crippen LogP contribution in [0.3, 0.4) is 0 Å². The summed E-state index contributed by atoms with van der Waals surface area (Å²) >= 11 is 0. The fourth-order valence-corrected chi connectivity index (χ4v) is 3.32. The summed E-state index contributed by atoms with van der Waals surface area (Å²) in [6.07, 6.45) is 11.1. The molecule has 6 nitrogen and oxygen atoms in total. The van der Waals surface area contributed by atoms with Crippen molar-refractivity contribution in [1.82, 2.24) is 24.2 Å². The van der Waals surface area contributed by atoms with E-state index < -0.39 is 0 Å². The number of hydrogen-bond donors (Lipinski definition) is 1.